The number of hydrogen-bond acceptors (Lipinski definition) is 3. The molecule has 0 bridgehead atoms. The van der Waals surface area contributed by atoms with Crippen LogP contribution in [0.25, 0.3) is 5.65 Å². The van der Waals surface area contributed by atoms with Crippen LogP contribution in [0.5, 0.6) is 5.75 Å². The van der Waals surface area contributed by atoms with E-state index in [4.69, 9.17) is 4.74 Å². The van der Waals surface area contributed by atoms with Crippen molar-refractivity contribution in [3.63, 3.8) is 0 Å². The normalized spacial score (nSPS) is 12.1. The SMILES string of the molecule is COc1cc2ncc(C)n2cc1SC(C)(C)C. The van der Waals surface area contributed by atoms with Crippen molar-refractivity contribution in [2.45, 2.75) is 37.3 Å². The van der Waals surface area contributed by atoms with E-state index in [0.29, 0.717) is 0 Å². The largest absolute Gasteiger partial charge is 0.495 e. The Morgan fingerprint density at radius 1 is 1.35 bits per heavy atom. The van der Waals surface area contributed by atoms with Crippen LogP contribution in [0.15, 0.2) is 23.4 Å². The van der Waals surface area contributed by atoms with E-state index in [0.717, 1.165) is 22.0 Å². The maximum atomic E-state index is 5.43. The third-order valence-electron chi connectivity index (χ3n) is 2.40. The van der Waals surface area contributed by atoms with Gasteiger partial charge in [0.1, 0.15) is 11.4 Å². The Morgan fingerprint density at radius 2 is 2.06 bits per heavy atom. The monoisotopic (exact) mass is 250 g/mol. The van der Waals surface area contributed by atoms with Gasteiger partial charge in [0.2, 0.25) is 0 Å². The van der Waals surface area contributed by atoms with Gasteiger partial charge in [-0.15, -0.1) is 11.8 Å². The molecule has 0 unspecified atom stereocenters. The molecule has 3 nitrogen and oxygen atoms in total. The number of imidazole rings is 1. The lowest BCUT2D eigenvalue weighted by atomic mass is 10.3. The fourth-order valence-electron chi connectivity index (χ4n) is 1.67. The Hall–Kier alpha value is -1.16. The number of methoxy groups -OCH3 is 1. The second-order valence-corrected chi connectivity index (χ2v) is 6.92. The molecular weight excluding hydrogens is 232 g/mol. The number of aryl methyl sites for hydroxylation is 1. The third kappa shape index (κ3) is 2.57. The summed E-state index contributed by atoms with van der Waals surface area (Å²) in [6, 6.07) is 1.99. The highest BCUT2D eigenvalue weighted by Gasteiger charge is 2.17. The number of ether oxygens (including phenoxy) is 1. The van der Waals surface area contributed by atoms with Gasteiger partial charge in [0.25, 0.3) is 0 Å². The fraction of sp³-hybridized carbons (Fsp3) is 0.462. The zero-order valence-electron chi connectivity index (χ0n) is 10.9. The average Bonchev–Trinajstić information content (AvgIpc) is 2.57. The molecule has 0 atom stereocenters. The van der Waals surface area contributed by atoms with E-state index in [2.05, 4.69) is 43.3 Å². The summed E-state index contributed by atoms with van der Waals surface area (Å²) in [6.07, 6.45) is 3.98. The lowest BCUT2D eigenvalue weighted by Gasteiger charge is -2.19. The van der Waals surface area contributed by atoms with Crippen molar-refractivity contribution in [1.82, 2.24) is 9.38 Å². The first-order valence-corrected chi connectivity index (χ1v) is 6.43. The highest BCUT2D eigenvalue weighted by atomic mass is 32.2. The number of fused-ring (bicyclic) bond motifs is 1. The van der Waals surface area contributed by atoms with Gasteiger partial charge in [-0.2, -0.15) is 0 Å². The van der Waals surface area contributed by atoms with Crippen molar-refractivity contribution in [1.29, 1.82) is 0 Å². The molecule has 0 aliphatic rings. The summed E-state index contributed by atoms with van der Waals surface area (Å²) in [7, 11) is 1.70. The van der Waals surface area contributed by atoms with Gasteiger partial charge in [0.15, 0.2) is 0 Å². The topological polar surface area (TPSA) is 26.5 Å². The number of rotatable bonds is 2. The third-order valence-corrected chi connectivity index (χ3v) is 3.53. The van der Waals surface area contributed by atoms with Crippen LogP contribution in [0.4, 0.5) is 0 Å². The predicted octanol–water partition coefficient (Wildman–Crippen LogP) is 3.54. The van der Waals surface area contributed by atoms with Gasteiger partial charge in [0, 0.05) is 28.9 Å². The minimum absolute atomic E-state index is 0.162. The zero-order valence-corrected chi connectivity index (χ0v) is 11.8. The van der Waals surface area contributed by atoms with Gasteiger partial charge in [0.05, 0.1) is 12.0 Å². The van der Waals surface area contributed by atoms with Gasteiger partial charge in [-0.3, -0.25) is 0 Å². The fourth-order valence-corrected chi connectivity index (χ4v) is 2.74. The van der Waals surface area contributed by atoms with E-state index < -0.39 is 0 Å². The second-order valence-electron chi connectivity index (χ2n) is 5.05. The molecule has 2 heterocycles. The van der Waals surface area contributed by atoms with Gasteiger partial charge in [-0.1, -0.05) is 20.8 Å². The van der Waals surface area contributed by atoms with Crippen LogP contribution in [-0.4, -0.2) is 21.2 Å². The first-order valence-electron chi connectivity index (χ1n) is 5.61. The highest BCUT2D eigenvalue weighted by Crippen LogP contribution is 2.38. The van der Waals surface area contributed by atoms with Gasteiger partial charge < -0.3 is 9.14 Å². The number of nitrogens with zero attached hydrogens (tertiary/aromatic N) is 2. The van der Waals surface area contributed by atoms with Crippen LogP contribution in [-0.2, 0) is 0 Å². The minimum Gasteiger partial charge on any atom is -0.495 e. The molecule has 0 fully saturated rings. The standard InChI is InChI=1S/C13H18N2OS/c1-9-7-14-12-6-10(16-5)11(8-15(9)12)17-13(2,3)4/h6-8H,1-5H3. The van der Waals surface area contributed by atoms with Crippen molar-refractivity contribution in [3.8, 4) is 5.75 Å². The molecule has 0 aromatic carbocycles. The van der Waals surface area contributed by atoms with Crippen molar-refractivity contribution in [2.75, 3.05) is 7.11 Å². The maximum absolute atomic E-state index is 5.43. The van der Waals surface area contributed by atoms with Crippen molar-refractivity contribution < 1.29 is 4.74 Å². The molecule has 2 aromatic heterocycles. The highest BCUT2D eigenvalue weighted by molar-refractivity contribution is 8.00. The van der Waals surface area contributed by atoms with Crippen LogP contribution in [0.1, 0.15) is 26.5 Å². The molecule has 0 saturated carbocycles. The Bertz CT molecular complexity index is 540. The average molecular weight is 250 g/mol. The molecule has 0 N–H and O–H groups in total. The Balaban J connectivity index is 2.55. The first kappa shape index (κ1) is 12.3. The van der Waals surface area contributed by atoms with Crippen molar-refractivity contribution in [3.05, 3.63) is 24.2 Å². The van der Waals surface area contributed by atoms with Crippen molar-refractivity contribution >= 4 is 17.4 Å². The van der Waals surface area contributed by atoms with Gasteiger partial charge in [-0.05, 0) is 6.92 Å². The smallest absolute Gasteiger partial charge is 0.140 e. The molecule has 17 heavy (non-hydrogen) atoms. The molecule has 4 heteroatoms. The molecule has 2 rings (SSSR count). The minimum atomic E-state index is 0.162. The molecule has 0 amide bonds. The maximum Gasteiger partial charge on any atom is 0.140 e. The van der Waals surface area contributed by atoms with E-state index in [1.807, 2.05) is 12.3 Å². The van der Waals surface area contributed by atoms with Crippen molar-refractivity contribution in [2.24, 2.45) is 0 Å². The number of thioether (sulfide) groups is 1. The Morgan fingerprint density at radius 3 is 2.65 bits per heavy atom. The Kier molecular flexibility index (Phi) is 3.08. The predicted molar refractivity (Wildman–Crippen MR) is 72.1 cm³/mol. The zero-order chi connectivity index (χ0) is 12.6. The van der Waals surface area contributed by atoms with Gasteiger partial charge >= 0.3 is 0 Å². The van der Waals surface area contributed by atoms with E-state index >= 15 is 0 Å². The quantitative estimate of drug-likeness (QED) is 0.763. The molecule has 0 aliphatic carbocycles. The number of hydrogen-bond donors (Lipinski definition) is 0. The van der Waals surface area contributed by atoms with E-state index in [1.54, 1.807) is 18.9 Å². The van der Waals surface area contributed by atoms with Crippen LogP contribution in [0.2, 0.25) is 0 Å². The summed E-state index contributed by atoms with van der Waals surface area (Å²) in [5.41, 5.74) is 2.07. The van der Waals surface area contributed by atoms with Gasteiger partial charge in [-0.25, -0.2) is 4.98 Å². The first-order chi connectivity index (χ1) is 7.90. The van der Waals surface area contributed by atoms with E-state index in [-0.39, 0.29) is 4.75 Å². The second kappa shape index (κ2) is 4.26. The molecular formula is C13H18N2OS. The molecule has 0 aliphatic heterocycles. The van der Waals surface area contributed by atoms with E-state index in [1.165, 1.54) is 0 Å². The number of aromatic nitrogens is 2. The molecule has 0 spiro atoms. The van der Waals surface area contributed by atoms with E-state index in [9.17, 15) is 0 Å². The summed E-state index contributed by atoms with van der Waals surface area (Å²) < 4.78 is 7.69. The Labute approximate surface area is 106 Å². The summed E-state index contributed by atoms with van der Waals surface area (Å²) in [5, 5.41) is 0. The van der Waals surface area contributed by atoms with Crippen LogP contribution >= 0.6 is 11.8 Å². The number of pyridine rings is 1. The van der Waals surface area contributed by atoms with Crippen LogP contribution in [0.3, 0.4) is 0 Å². The summed E-state index contributed by atoms with van der Waals surface area (Å²) >= 11 is 1.81. The lowest BCUT2D eigenvalue weighted by Crippen LogP contribution is -2.07. The molecule has 2 aromatic rings. The lowest BCUT2D eigenvalue weighted by molar-refractivity contribution is 0.404. The molecule has 0 saturated heterocycles. The van der Waals surface area contributed by atoms with Crippen LogP contribution < -0.4 is 4.74 Å². The summed E-state index contributed by atoms with van der Waals surface area (Å²) in [4.78, 5) is 5.48. The molecule has 0 radical (unpaired) electrons. The summed E-state index contributed by atoms with van der Waals surface area (Å²) in [5.74, 6) is 0.892. The van der Waals surface area contributed by atoms with Crippen LogP contribution in [0, 0.1) is 6.92 Å². The summed E-state index contributed by atoms with van der Waals surface area (Å²) in [6.45, 7) is 8.64. The molecule has 92 valence electrons.